The van der Waals surface area contributed by atoms with Gasteiger partial charge in [0, 0.05) is 24.4 Å². The second-order valence-electron chi connectivity index (χ2n) is 8.10. The van der Waals surface area contributed by atoms with Crippen molar-refractivity contribution in [2.45, 2.75) is 44.6 Å². The van der Waals surface area contributed by atoms with Gasteiger partial charge in [-0.25, -0.2) is 8.42 Å². The highest BCUT2D eigenvalue weighted by atomic mass is 32.2. The molecule has 30 heavy (non-hydrogen) atoms. The molecule has 3 aromatic rings. The first-order valence-corrected chi connectivity index (χ1v) is 12.2. The van der Waals surface area contributed by atoms with Crippen LogP contribution in [0.25, 0.3) is 16.8 Å². The molecule has 1 aliphatic heterocycles. The lowest BCUT2D eigenvalue weighted by molar-refractivity contribution is 0.226. The van der Waals surface area contributed by atoms with E-state index in [9.17, 15) is 8.42 Å². The van der Waals surface area contributed by atoms with Gasteiger partial charge in [0.15, 0.2) is 9.84 Å². The van der Waals surface area contributed by atoms with Crippen molar-refractivity contribution in [3.05, 3.63) is 35.5 Å². The summed E-state index contributed by atoms with van der Waals surface area (Å²) in [6.07, 6.45) is 3.42. The quantitative estimate of drug-likeness (QED) is 0.668. The van der Waals surface area contributed by atoms with Crippen LogP contribution in [0.15, 0.2) is 29.2 Å². The van der Waals surface area contributed by atoms with Crippen LogP contribution in [-0.2, 0) is 9.84 Å². The first-order chi connectivity index (χ1) is 14.3. The van der Waals surface area contributed by atoms with Gasteiger partial charge in [0.05, 0.1) is 16.1 Å². The van der Waals surface area contributed by atoms with Crippen LogP contribution in [0.1, 0.15) is 31.0 Å². The monoisotopic (exact) mass is 428 g/mol. The summed E-state index contributed by atoms with van der Waals surface area (Å²) in [6.45, 7) is 9.06. The lowest BCUT2D eigenvalue weighted by Crippen LogP contribution is -2.42. The highest BCUT2D eigenvalue weighted by molar-refractivity contribution is 7.90. The largest absolute Gasteiger partial charge is 0.349 e. The molecular weight excluding hydrogens is 400 g/mol. The molecule has 0 aliphatic carbocycles. The molecule has 1 aromatic carbocycles. The van der Waals surface area contributed by atoms with Gasteiger partial charge in [-0.1, -0.05) is 19.1 Å². The molecule has 3 heterocycles. The topological polar surface area (TPSA) is 92.5 Å². The number of hydrogen-bond donors (Lipinski definition) is 1. The molecule has 1 atom stereocenters. The number of likely N-dealkylation sites (tertiary alicyclic amines) is 1. The molecule has 8 nitrogen and oxygen atoms in total. The molecule has 0 unspecified atom stereocenters. The second-order valence-corrected chi connectivity index (χ2v) is 10.1. The van der Waals surface area contributed by atoms with Crippen LogP contribution >= 0.6 is 0 Å². The molecule has 1 N–H and O–H groups in total. The van der Waals surface area contributed by atoms with Crippen molar-refractivity contribution in [3.63, 3.8) is 0 Å². The Hall–Kier alpha value is -2.52. The van der Waals surface area contributed by atoms with Gasteiger partial charge in [-0.2, -0.15) is 9.61 Å². The number of sulfone groups is 1. The fourth-order valence-electron chi connectivity index (χ4n) is 4.08. The molecule has 0 spiro atoms. The first kappa shape index (κ1) is 20.7. The van der Waals surface area contributed by atoms with E-state index in [4.69, 9.17) is 0 Å². The third kappa shape index (κ3) is 4.04. The molecule has 1 aliphatic rings. The number of aromatic nitrogens is 4. The van der Waals surface area contributed by atoms with E-state index in [-0.39, 0.29) is 10.9 Å². The molecule has 160 valence electrons. The van der Waals surface area contributed by atoms with E-state index in [0.29, 0.717) is 17.2 Å². The van der Waals surface area contributed by atoms with Crippen LogP contribution in [0.5, 0.6) is 0 Å². The van der Waals surface area contributed by atoms with Crippen LogP contribution in [0, 0.1) is 13.8 Å². The third-order valence-electron chi connectivity index (χ3n) is 5.60. The lowest BCUT2D eigenvalue weighted by Gasteiger charge is -2.32. The van der Waals surface area contributed by atoms with Crippen LogP contribution < -0.4 is 5.32 Å². The fourth-order valence-corrected chi connectivity index (χ4v) is 5.04. The Labute approximate surface area is 177 Å². The molecule has 2 aromatic heterocycles. The van der Waals surface area contributed by atoms with Crippen LogP contribution in [-0.4, -0.2) is 65.1 Å². The van der Waals surface area contributed by atoms with E-state index in [1.54, 1.807) is 16.6 Å². The zero-order valence-corrected chi connectivity index (χ0v) is 18.7. The summed E-state index contributed by atoms with van der Waals surface area (Å²) in [7, 11) is -3.43. The summed E-state index contributed by atoms with van der Waals surface area (Å²) in [4.78, 5) is 2.67. The maximum Gasteiger partial charge on any atom is 0.244 e. The van der Waals surface area contributed by atoms with Gasteiger partial charge < -0.3 is 10.2 Å². The van der Waals surface area contributed by atoms with E-state index in [0.717, 1.165) is 49.2 Å². The molecule has 0 saturated carbocycles. The number of likely N-dealkylation sites (N-methyl/N-ethyl adjacent to an activating group) is 1. The molecule has 0 radical (unpaired) electrons. The Morgan fingerprint density at radius 2 is 2.00 bits per heavy atom. The van der Waals surface area contributed by atoms with Gasteiger partial charge in [0.25, 0.3) is 0 Å². The van der Waals surface area contributed by atoms with Crippen molar-refractivity contribution in [1.29, 1.82) is 0 Å². The minimum Gasteiger partial charge on any atom is -0.349 e. The number of benzene rings is 1. The second kappa shape index (κ2) is 7.96. The normalized spacial score (nSPS) is 18.1. The predicted molar refractivity (Wildman–Crippen MR) is 118 cm³/mol. The Morgan fingerprint density at radius 3 is 2.73 bits per heavy atom. The van der Waals surface area contributed by atoms with Crippen LogP contribution in [0.4, 0.5) is 5.95 Å². The van der Waals surface area contributed by atoms with Crippen LogP contribution in [0.3, 0.4) is 0 Å². The number of piperidine rings is 1. The van der Waals surface area contributed by atoms with E-state index in [2.05, 4.69) is 32.4 Å². The Kier molecular flexibility index (Phi) is 5.50. The molecule has 0 bridgehead atoms. The van der Waals surface area contributed by atoms with Gasteiger partial charge in [-0.3, -0.25) is 0 Å². The molecule has 1 fully saturated rings. The molecule has 9 heteroatoms. The minimum absolute atomic E-state index is 0.254. The van der Waals surface area contributed by atoms with Gasteiger partial charge in [-0.05, 0) is 57.5 Å². The standard InChI is InChI=1S/C21H28N6O2S/c1-5-26-10-6-7-16(13-26)22-21-24-23-20(18-12-15(3)25-27(18)21)17-9-8-14(2)11-19(17)30(4,28)29/h8-9,11-12,16H,5-7,10,13H2,1-4H3,(H,22,24)/t16-/m1/s1. The van der Waals surface area contributed by atoms with Gasteiger partial charge in [0.2, 0.25) is 5.95 Å². The van der Waals surface area contributed by atoms with Crippen LogP contribution in [0.2, 0.25) is 0 Å². The fraction of sp³-hybridized carbons (Fsp3) is 0.476. The lowest BCUT2D eigenvalue weighted by atomic mass is 10.1. The first-order valence-electron chi connectivity index (χ1n) is 10.3. The Balaban J connectivity index is 1.79. The zero-order valence-electron chi connectivity index (χ0n) is 17.9. The number of fused-ring (bicyclic) bond motifs is 1. The summed E-state index contributed by atoms with van der Waals surface area (Å²) in [6, 6.07) is 7.56. The number of nitrogens with zero attached hydrogens (tertiary/aromatic N) is 5. The summed E-state index contributed by atoms with van der Waals surface area (Å²) in [5.74, 6) is 0.581. The van der Waals surface area contributed by atoms with E-state index in [1.165, 1.54) is 6.26 Å². The van der Waals surface area contributed by atoms with Gasteiger partial charge >= 0.3 is 0 Å². The van der Waals surface area contributed by atoms with Crippen molar-refractivity contribution in [3.8, 4) is 11.3 Å². The van der Waals surface area contributed by atoms with E-state index >= 15 is 0 Å². The van der Waals surface area contributed by atoms with Crippen molar-refractivity contribution in [1.82, 2.24) is 24.7 Å². The smallest absolute Gasteiger partial charge is 0.244 e. The van der Waals surface area contributed by atoms with Gasteiger partial charge in [0.1, 0.15) is 5.69 Å². The highest BCUT2D eigenvalue weighted by Gasteiger charge is 2.23. The maximum absolute atomic E-state index is 12.4. The van der Waals surface area contributed by atoms with E-state index in [1.807, 2.05) is 26.0 Å². The SMILES string of the molecule is CCN1CCC[C@@H](Nc2nnc(-c3ccc(C)cc3S(C)(=O)=O)c3cc(C)nn23)C1. The number of hydrogen-bond acceptors (Lipinski definition) is 7. The van der Waals surface area contributed by atoms with Crippen molar-refractivity contribution >= 4 is 21.3 Å². The molecular formula is C21H28N6O2S. The third-order valence-corrected chi connectivity index (χ3v) is 6.73. The number of rotatable bonds is 5. The molecule has 0 amide bonds. The number of aryl methyl sites for hydroxylation is 2. The van der Waals surface area contributed by atoms with Gasteiger partial charge in [-0.15, -0.1) is 10.2 Å². The average Bonchev–Trinajstić information content (AvgIpc) is 3.10. The summed E-state index contributed by atoms with van der Waals surface area (Å²) in [5.41, 5.74) is 3.49. The maximum atomic E-state index is 12.4. The Morgan fingerprint density at radius 1 is 1.20 bits per heavy atom. The average molecular weight is 429 g/mol. The molecule has 4 rings (SSSR count). The molecule has 1 saturated heterocycles. The Bertz CT molecular complexity index is 1190. The van der Waals surface area contributed by atoms with E-state index < -0.39 is 9.84 Å². The summed E-state index contributed by atoms with van der Waals surface area (Å²) < 4.78 is 26.6. The highest BCUT2D eigenvalue weighted by Crippen LogP contribution is 2.31. The minimum atomic E-state index is -3.43. The summed E-state index contributed by atoms with van der Waals surface area (Å²) in [5, 5.41) is 17.0. The zero-order chi connectivity index (χ0) is 21.5. The van der Waals surface area contributed by atoms with Crippen molar-refractivity contribution in [2.75, 3.05) is 31.2 Å². The summed E-state index contributed by atoms with van der Waals surface area (Å²) >= 11 is 0. The predicted octanol–water partition coefficient (Wildman–Crippen LogP) is 2.71. The number of anilines is 1. The van der Waals surface area contributed by atoms with Crippen molar-refractivity contribution in [2.24, 2.45) is 0 Å². The van der Waals surface area contributed by atoms with Crippen molar-refractivity contribution < 1.29 is 8.42 Å². The number of nitrogens with one attached hydrogen (secondary N) is 1.